The van der Waals surface area contributed by atoms with E-state index >= 15 is 0 Å². The highest BCUT2D eigenvalue weighted by Gasteiger charge is 2.18. The maximum atomic E-state index is 14.0. The molecule has 0 saturated heterocycles. The van der Waals surface area contributed by atoms with Gasteiger partial charge >= 0.3 is 5.69 Å². The Kier molecular flexibility index (Phi) is 2.90. The van der Waals surface area contributed by atoms with E-state index in [-0.39, 0.29) is 11.0 Å². The Morgan fingerprint density at radius 3 is 2.38 bits per heavy atom. The van der Waals surface area contributed by atoms with Crippen molar-refractivity contribution in [1.82, 2.24) is 14.1 Å². The fraction of sp³-hybridized carbons (Fsp3) is 0.0714. The first-order chi connectivity index (χ1) is 10.0. The number of hydrogen-bond acceptors (Lipinski definition) is 3. The Hall–Kier alpha value is -2.83. The summed E-state index contributed by atoms with van der Waals surface area (Å²) in [5.41, 5.74) is -2.08. The number of hydrogen-bond donors (Lipinski definition) is 0. The molecule has 0 saturated carbocycles. The molecule has 0 aliphatic carbocycles. The van der Waals surface area contributed by atoms with Crippen LogP contribution in [0.15, 0.2) is 46.1 Å². The van der Waals surface area contributed by atoms with E-state index in [0.29, 0.717) is 0 Å². The van der Waals surface area contributed by atoms with Gasteiger partial charge in [-0.3, -0.25) is 9.36 Å². The van der Waals surface area contributed by atoms with Crippen LogP contribution >= 0.6 is 0 Å². The summed E-state index contributed by atoms with van der Waals surface area (Å²) in [5, 5.41) is 0.0993. The predicted octanol–water partition coefficient (Wildman–Crippen LogP) is 1.36. The molecule has 3 rings (SSSR count). The second-order valence-electron chi connectivity index (χ2n) is 4.43. The van der Waals surface area contributed by atoms with Crippen LogP contribution in [-0.2, 0) is 7.05 Å². The van der Waals surface area contributed by atoms with E-state index in [1.807, 2.05) is 0 Å². The lowest BCUT2D eigenvalue weighted by Gasteiger charge is -2.12. The van der Waals surface area contributed by atoms with E-state index in [1.165, 1.54) is 31.4 Å². The average Bonchev–Trinajstić information content (AvgIpc) is 2.48. The van der Waals surface area contributed by atoms with Gasteiger partial charge in [0.2, 0.25) is 0 Å². The molecule has 106 valence electrons. The van der Waals surface area contributed by atoms with E-state index < -0.39 is 28.6 Å². The van der Waals surface area contributed by atoms with E-state index in [2.05, 4.69) is 4.98 Å². The standard InChI is InChI=1S/C14H9F2N3O2/c1-18-13(20)8-4-3-7-17-12(8)19(14(18)21)11-9(15)5-2-6-10(11)16/h2-7H,1H3. The highest BCUT2D eigenvalue weighted by atomic mass is 19.1. The van der Waals surface area contributed by atoms with Gasteiger partial charge in [-0.05, 0) is 24.3 Å². The molecule has 5 nitrogen and oxygen atoms in total. The maximum absolute atomic E-state index is 14.0. The van der Waals surface area contributed by atoms with Crippen molar-refractivity contribution >= 4 is 11.0 Å². The number of rotatable bonds is 1. The van der Waals surface area contributed by atoms with Gasteiger partial charge in [0.15, 0.2) is 5.65 Å². The maximum Gasteiger partial charge on any atom is 0.337 e. The lowest BCUT2D eigenvalue weighted by molar-refractivity contribution is 0.563. The molecule has 0 N–H and O–H groups in total. The second-order valence-corrected chi connectivity index (χ2v) is 4.43. The van der Waals surface area contributed by atoms with Crippen LogP contribution < -0.4 is 11.2 Å². The number of aromatic nitrogens is 3. The molecule has 0 aliphatic rings. The Bertz CT molecular complexity index is 956. The molecule has 1 aromatic carbocycles. The summed E-state index contributed by atoms with van der Waals surface area (Å²) < 4.78 is 29.5. The van der Waals surface area contributed by atoms with Crippen molar-refractivity contribution in [2.75, 3.05) is 0 Å². The number of fused-ring (bicyclic) bond motifs is 1. The highest BCUT2D eigenvalue weighted by molar-refractivity contribution is 5.75. The van der Waals surface area contributed by atoms with Crippen LogP contribution in [-0.4, -0.2) is 14.1 Å². The molecule has 3 aromatic rings. The minimum atomic E-state index is -0.914. The second kappa shape index (κ2) is 4.62. The molecule has 0 radical (unpaired) electrons. The molecule has 0 aliphatic heterocycles. The van der Waals surface area contributed by atoms with Gasteiger partial charge in [-0.15, -0.1) is 0 Å². The van der Waals surface area contributed by atoms with Gasteiger partial charge in [0, 0.05) is 13.2 Å². The number of benzene rings is 1. The summed E-state index contributed by atoms with van der Waals surface area (Å²) in [5.74, 6) is -1.83. The van der Waals surface area contributed by atoms with Gasteiger partial charge in [-0.25, -0.2) is 23.1 Å². The van der Waals surface area contributed by atoms with Gasteiger partial charge in [-0.2, -0.15) is 0 Å². The molecule has 2 aromatic heterocycles. The SMILES string of the molecule is Cn1c(=O)c2cccnc2n(-c2c(F)cccc2F)c1=O. The molecule has 0 fully saturated rings. The first-order valence-electron chi connectivity index (χ1n) is 6.03. The molecular weight excluding hydrogens is 280 g/mol. The number of halogens is 2. The number of para-hydroxylation sites is 1. The third-order valence-corrected chi connectivity index (χ3v) is 3.17. The Labute approximate surface area is 116 Å². The average molecular weight is 289 g/mol. The molecule has 7 heteroatoms. The lowest BCUT2D eigenvalue weighted by Crippen LogP contribution is -2.38. The topological polar surface area (TPSA) is 56.9 Å². The van der Waals surface area contributed by atoms with Crippen molar-refractivity contribution in [3.8, 4) is 5.69 Å². The van der Waals surface area contributed by atoms with Gasteiger partial charge in [0.1, 0.15) is 17.3 Å². The van der Waals surface area contributed by atoms with E-state index in [9.17, 15) is 18.4 Å². The van der Waals surface area contributed by atoms with Crippen LogP contribution in [0.5, 0.6) is 0 Å². The summed E-state index contributed by atoms with van der Waals surface area (Å²) in [4.78, 5) is 28.2. The van der Waals surface area contributed by atoms with E-state index in [1.54, 1.807) is 0 Å². The van der Waals surface area contributed by atoms with Crippen LogP contribution in [0.25, 0.3) is 16.7 Å². The van der Waals surface area contributed by atoms with Crippen molar-refractivity contribution in [3.05, 3.63) is 69.0 Å². The fourth-order valence-electron chi connectivity index (χ4n) is 2.15. The molecule has 0 atom stereocenters. The molecule has 2 heterocycles. The third kappa shape index (κ3) is 1.85. The molecule has 0 bridgehead atoms. The van der Waals surface area contributed by atoms with Gasteiger partial charge < -0.3 is 0 Å². The monoisotopic (exact) mass is 289 g/mol. The van der Waals surface area contributed by atoms with Crippen molar-refractivity contribution in [1.29, 1.82) is 0 Å². The summed E-state index contributed by atoms with van der Waals surface area (Å²) in [6.07, 6.45) is 1.34. The summed E-state index contributed by atoms with van der Waals surface area (Å²) in [6.45, 7) is 0. The molecular formula is C14H9F2N3O2. The molecule has 21 heavy (non-hydrogen) atoms. The third-order valence-electron chi connectivity index (χ3n) is 3.17. The Balaban J connectivity index is 2.61. The Morgan fingerprint density at radius 2 is 1.71 bits per heavy atom. The first-order valence-corrected chi connectivity index (χ1v) is 6.03. The van der Waals surface area contributed by atoms with Crippen molar-refractivity contribution in [2.45, 2.75) is 0 Å². The largest absolute Gasteiger partial charge is 0.337 e. The normalized spacial score (nSPS) is 11.0. The molecule has 0 spiro atoms. The van der Waals surface area contributed by atoms with Crippen LogP contribution in [0.4, 0.5) is 8.78 Å². The summed E-state index contributed by atoms with van der Waals surface area (Å²) in [7, 11) is 1.24. The summed E-state index contributed by atoms with van der Waals surface area (Å²) in [6, 6.07) is 6.21. The minimum Gasteiger partial charge on any atom is -0.268 e. The van der Waals surface area contributed by atoms with Crippen molar-refractivity contribution in [3.63, 3.8) is 0 Å². The zero-order valence-electron chi connectivity index (χ0n) is 10.9. The van der Waals surface area contributed by atoms with Gasteiger partial charge in [-0.1, -0.05) is 6.07 Å². The molecule has 0 amide bonds. The van der Waals surface area contributed by atoms with Crippen LogP contribution in [0, 0.1) is 11.6 Å². The minimum absolute atomic E-state index is 0.0883. The summed E-state index contributed by atoms with van der Waals surface area (Å²) >= 11 is 0. The van der Waals surface area contributed by atoms with E-state index in [0.717, 1.165) is 21.3 Å². The van der Waals surface area contributed by atoms with Crippen LogP contribution in [0.3, 0.4) is 0 Å². The smallest absolute Gasteiger partial charge is 0.268 e. The van der Waals surface area contributed by atoms with Gasteiger partial charge in [0.05, 0.1) is 5.39 Å². The zero-order chi connectivity index (χ0) is 15.1. The van der Waals surface area contributed by atoms with Gasteiger partial charge in [0.25, 0.3) is 5.56 Å². The fourth-order valence-corrected chi connectivity index (χ4v) is 2.15. The molecule has 0 unspecified atom stereocenters. The predicted molar refractivity (Wildman–Crippen MR) is 72.5 cm³/mol. The lowest BCUT2D eigenvalue weighted by atomic mass is 10.2. The van der Waals surface area contributed by atoms with Crippen LogP contribution in [0.2, 0.25) is 0 Å². The highest BCUT2D eigenvalue weighted by Crippen LogP contribution is 2.18. The number of pyridine rings is 1. The first kappa shape index (κ1) is 13.2. The number of nitrogens with zero attached hydrogens (tertiary/aromatic N) is 3. The van der Waals surface area contributed by atoms with E-state index in [4.69, 9.17) is 0 Å². The van der Waals surface area contributed by atoms with Crippen molar-refractivity contribution < 1.29 is 8.78 Å². The van der Waals surface area contributed by atoms with Crippen molar-refractivity contribution in [2.24, 2.45) is 7.05 Å². The zero-order valence-corrected chi connectivity index (χ0v) is 10.9. The quantitative estimate of drug-likeness (QED) is 0.679. The Morgan fingerprint density at radius 1 is 1.05 bits per heavy atom. The van der Waals surface area contributed by atoms with Crippen LogP contribution in [0.1, 0.15) is 0 Å².